The molecular formula is C20H21N9O5S4. The van der Waals surface area contributed by atoms with Crippen LogP contribution in [0.2, 0.25) is 0 Å². The molecule has 0 saturated carbocycles. The van der Waals surface area contributed by atoms with Crippen LogP contribution in [0.3, 0.4) is 0 Å². The topological polar surface area (TPSA) is 191 Å². The number of hydrogen-bond acceptors (Lipinski definition) is 14. The normalized spacial score (nSPS) is 21.4. The van der Waals surface area contributed by atoms with Gasteiger partial charge in [0.2, 0.25) is 5.16 Å². The number of anilines is 1. The Hall–Kier alpha value is -3.09. The van der Waals surface area contributed by atoms with E-state index < -0.39 is 29.2 Å². The molecule has 1 unspecified atom stereocenters. The van der Waals surface area contributed by atoms with Crippen molar-refractivity contribution in [1.29, 1.82) is 0 Å². The van der Waals surface area contributed by atoms with Gasteiger partial charge < -0.3 is 21.0 Å². The van der Waals surface area contributed by atoms with Gasteiger partial charge in [0.1, 0.15) is 28.9 Å². The largest absolute Gasteiger partial charge is 0.477 e. The third kappa shape index (κ3) is 5.25. The van der Waals surface area contributed by atoms with Crippen molar-refractivity contribution in [2.75, 3.05) is 28.7 Å². The number of oxime groups is 1. The highest BCUT2D eigenvalue weighted by Gasteiger charge is 2.54. The summed E-state index contributed by atoms with van der Waals surface area (Å²) in [5.74, 6) is -0.247. The Labute approximate surface area is 232 Å². The van der Waals surface area contributed by atoms with Gasteiger partial charge in [0.25, 0.3) is 11.8 Å². The highest BCUT2D eigenvalue weighted by atomic mass is 32.2. The number of aliphatic carboxylic acids is 1. The number of nitrogens with two attached hydrogens (primary N) is 1. The van der Waals surface area contributed by atoms with Crippen LogP contribution in [-0.4, -0.2) is 99.2 Å². The Bertz CT molecular complexity index is 1340. The molecule has 5 heterocycles. The van der Waals surface area contributed by atoms with Crippen LogP contribution in [0.5, 0.6) is 0 Å². The van der Waals surface area contributed by atoms with Crippen molar-refractivity contribution in [2.45, 2.75) is 29.2 Å². The van der Waals surface area contributed by atoms with Gasteiger partial charge in [-0.15, -0.1) is 34.8 Å². The van der Waals surface area contributed by atoms with Crippen molar-refractivity contribution in [3.63, 3.8) is 0 Å². The smallest absolute Gasteiger partial charge is 0.352 e. The Morgan fingerprint density at radius 3 is 2.89 bits per heavy atom. The molecule has 0 aromatic carbocycles. The van der Waals surface area contributed by atoms with E-state index >= 15 is 0 Å². The number of β-lactam (4-membered cyclic amide) rings is 1. The average Bonchev–Trinajstić information content (AvgIpc) is 3.50. The van der Waals surface area contributed by atoms with E-state index in [1.807, 2.05) is 0 Å². The summed E-state index contributed by atoms with van der Waals surface area (Å²) in [6.45, 7) is 4.07. The molecule has 4 N–H and O–H groups in total. The number of amides is 2. The van der Waals surface area contributed by atoms with Crippen LogP contribution in [0, 0.1) is 0 Å². The number of nitrogens with one attached hydrogen (secondary N) is 1. The van der Waals surface area contributed by atoms with Crippen LogP contribution in [0.4, 0.5) is 5.13 Å². The summed E-state index contributed by atoms with van der Waals surface area (Å²) in [4.78, 5) is 49.2. The Kier molecular flexibility index (Phi) is 7.91. The van der Waals surface area contributed by atoms with Gasteiger partial charge in [0, 0.05) is 28.4 Å². The van der Waals surface area contributed by atoms with Gasteiger partial charge in [-0.2, -0.15) is 11.8 Å². The number of nitrogens with zero attached hydrogens (tertiary/aromatic N) is 7. The van der Waals surface area contributed by atoms with Gasteiger partial charge in [-0.1, -0.05) is 23.0 Å². The van der Waals surface area contributed by atoms with Gasteiger partial charge in [-0.05, 0) is 16.0 Å². The number of tetrazole rings is 1. The number of carbonyl (C=O) groups is 3. The molecule has 5 rings (SSSR count). The van der Waals surface area contributed by atoms with Gasteiger partial charge in [0.05, 0.1) is 6.54 Å². The molecule has 2 saturated heterocycles. The van der Waals surface area contributed by atoms with E-state index in [9.17, 15) is 19.5 Å². The Morgan fingerprint density at radius 2 is 2.24 bits per heavy atom. The molecule has 0 radical (unpaired) electrons. The van der Waals surface area contributed by atoms with Crippen LogP contribution in [0.15, 0.2) is 39.6 Å². The number of rotatable bonds is 11. The quantitative estimate of drug-likeness (QED) is 0.106. The molecular weight excluding hydrogens is 575 g/mol. The van der Waals surface area contributed by atoms with Crippen LogP contribution in [0.1, 0.15) is 5.69 Å². The SMILES string of the molecule is C=CCn1nnnc1SCC1=C(C(=O)O)N2C(=O)C(NC(=O)/C(=N\OC3CSC3)c3csc(N)n3)[C@H]2SC1. The van der Waals surface area contributed by atoms with Crippen LogP contribution >= 0.6 is 46.6 Å². The number of allylic oxidation sites excluding steroid dienone is 1. The van der Waals surface area contributed by atoms with Crippen molar-refractivity contribution in [3.8, 4) is 0 Å². The average molecular weight is 596 g/mol. The molecule has 2 amide bonds. The summed E-state index contributed by atoms with van der Waals surface area (Å²) in [6.07, 6.45) is 1.55. The maximum atomic E-state index is 13.2. The lowest BCUT2D eigenvalue weighted by Crippen LogP contribution is -2.71. The first-order chi connectivity index (χ1) is 18.4. The number of carboxylic acid groups (broad SMARTS) is 1. The number of carboxylic acids is 1. The minimum atomic E-state index is -1.22. The van der Waals surface area contributed by atoms with Gasteiger partial charge >= 0.3 is 5.97 Å². The van der Waals surface area contributed by atoms with Crippen LogP contribution in [0.25, 0.3) is 0 Å². The second-order valence-corrected chi connectivity index (χ2v) is 12.1. The molecule has 2 atom stereocenters. The van der Waals surface area contributed by atoms with E-state index in [0.717, 1.165) is 22.8 Å². The number of thiazole rings is 1. The zero-order chi connectivity index (χ0) is 26.8. The first-order valence-electron chi connectivity index (χ1n) is 11.1. The summed E-state index contributed by atoms with van der Waals surface area (Å²) in [5, 5.41) is 29.8. The van der Waals surface area contributed by atoms with E-state index in [2.05, 4.69) is 37.6 Å². The van der Waals surface area contributed by atoms with E-state index in [-0.39, 0.29) is 34.1 Å². The standard InChI is InChI=1S/C20H21N9O5S4/c1-2-3-28-20(24-26-27-28)38-5-9-4-36-17-13(16(31)29(17)14(9)18(32)33)23-15(30)12(11-8-37-19(21)22-11)25-34-10-6-35-7-10/h2,8,10,13,17H,1,3-7H2,(H2,21,22)(H,23,30)(H,32,33)/b25-12-/t13?,17-/m1/s1. The van der Waals surface area contributed by atoms with Gasteiger partial charge in [-0.3, -0.25) is 14.5 Å². The highest BCUT2D eigenvalue weighted by molar-refractivity contribution is 8.01. The molecule has 2 fully saturated rings. The third-order valence-corrected chi connectivity index (χ3v) is 9.87. The lowest BCUT2D eigenvalue weighted by molar-refractivity contribution is -0.150. The Balaban J connectivity index is 1.29. The molecule has 0 aliphatic carbocycles. The molecule has 2 aromatic rings. The summed E-state index contributed by atoms with van der Waals surface area (Å²) < 4.78 is 1.54. The van der Waals surface area contributed by atoms with E-state index in [0.29, 0.717) is 23.0 Å². The molecule has 0 bridgehead atoms. The van der Waals surface area contributed by atoms with Crippen molar-refractivity contribution in [2.24, 2.45) is 5.16 Å². The first-order valence-corrected chi connectivity index (χ1v) is 15.2. The molecule has 38 heavy (non-hydrogen) atoms. The summed E-state index contributed by atoms with van der Waals surface area (Å²) >= 11 is 5.48. The number of thioether (sulfide) groups is 3. The fraction of sp³-hybridized carbons (Fsp3) is 0.400. The summed E-state index contributed by atoms with van der Waals surface area (Å²) in [7, 11) is 0. The number of hydrogen-bond donors (Lipinski definition) is 3. The monoisotopic (exact) mass is 595 g/mol. The summed E-state index contributed by atoms with van der Waals surface area (Å²) in [6, 6.07) is -0.934. The zero-order valence-electron chi connectivity index (χ0n) is 19.6. The van der Waals surface area contributed by atoms with E-state index in [4.69, 9.17) is 10.6 Å². The molecule has 2 aromatic heterocycles. The molecule has 3 aliphatic heterocycles. The molecule has 3 aliphatic rings. The third-order valence-electron chi connectivity index (χ3n) is 5.59. The lowest BCUT2D eigenvalue weighted by Gasteiger charge is -2.49. The van der Waals surface area contributed by atoms with Crippen molar-refractivity contribution < 1.29 is 24.3 Å². The minimum absolute atomic E-state index is 0.0912. The number of nitrogen functional groups attached to an aromatic ring is 1. The fourth-order valence-electron chi connectivity index (χ4n) is 3.70. The van der Waals surface area contributed by atoms with Crippen molar-refractivity contribution in [1.82, 2.24) is 35.4 Å². The number of carbonyl (C=O) groups excluding carboxylic acids is 2. The minimum Gasteiger partial charge on any atom is -0.477 e. The molecule has 0 spiro atoms. The van der Waals surface area contributed by atoms with E-state index in [1.54, 1.807) is 27.9 Å². The van der Waals surface area contributed by atoms with Gasteiger partial charge in [0.15, 0.2) is 10.8 Å². The second-order valence-electron chi connectivity index (χ2n) is 8.11. The van der Waals surface area contributed by atoms with Crippen molar-refractivity contribution in [3.05, 3.63) is 35.0 Å². The molecule has 18 heteroatoms. The lowest BCUT2D eigenvalue weighted by atomic mass is 10.0. The zero-order valence-corrected chi connectivity index (χ0v) is 22.8. The molecule has 14 nitrogen and oxygen atoms in total. The molecule has 200 valence electrons. The van der Waals surface area contributed by atoms with Crippen molar-refractivity contribution >= 4 is 75.2 Å². The number of fused-ring (bicyclic) bond motifs is 1. The van der Waals surface area contributed by atoms with Crippen LogP contribution < -0.4 is 11.1 Å². The maximum Gasteiger partial charge on any atom is 0.352 e. The van der Waals surface area contributed by atoms with Gasteiger partial charge in [-0.25, -0.2) is 14.5 Å². The van der Waals surface area contributed by atoms with Crippen LogP contribution in [-0.2, 0) is 25.8 Å². The maximum absolute atomic E-state index is 13.2. The fourth-order valence-corrected chi connectivity index (χ4v) is 7.16. The second kappa shape index (κ2) is 11.3. The number of aromatic nitrogens is 5. The summed E-state index contributed by atoms with van der Waals surface area (Å²) in [5.41, 5.74) is 6.34. The predicted molar refractivity (Wildman–Crippen MR) is 144 cm³/mol. The predicted octanol–water partition coefficient (Wildman–Crippen LogP) is 0.265. The first kappa shape index (κ1) is 26.5. The Morgan fingerprint density at radius 1 is 1.42 bits per heavy atom. The van der Waals surface area contributed by atoms with E-state index in [1.165, 1.54) is 28.4 Å². The highest BCUT2D eigenvalue weighted by Crippen LogP contribution is 2.41.